The van der Waals surface area contributed by atoms with E-state index >= 15 is 0 Å². The average Bonchev–Trinajstić information content (AvgIpc) is 2.61. The molecule has 2 aromatic rings. The van der Waals surface area contributed by atoms with Gasteiger partial charge in [0.15, 0.2) is 0 Å². The summed E-state index contributed by atoms with van der Waals surface area (Å²) in [7, 11) is 0. The lowest BCUT2D eigenvalue weighted by Crippen LogP contribution is -2.39. The molecule has 0 radical (unpaired) electrons. The van der Waals surface area contributed by atoms with Gasteiger partial charge >= 0.3 is 0 Å². The second kappa shape index (κ2) is 7.60. The first kappa shape index (κ1) is 16.7. The number of nitrogens with one attached hydrogen (secondary N) is 1. The number of piperidine rings is 1. The lowest BCUT2D eigenvalue weighted by atomic mass is 10.00. The summed E-state index contributed by atoms with van der Waals surface area (Å²) in [5, 5.41) is 3.33. The van der Waals surface area contributed by atoms with E-state index in [4.69, 9.17) is 0 Å². The van der Waals surface area contributed by atoms with Crippen molar-refractivity contribution in [3.8, 4) is 0 Å². The molecule has 3 rings (SSSR count). The quantitative estimate of drug-likeness (QED) is 0.888. The fraction of sp³-hybridized carbons (Fsp3) is 0.474. The van der Waals surface area contributed by atoms with Crippen LogP contribution in [0.1, 0.15) is 44.0 Å². The molecule has 128 valence electrons. The second-order valence-electron chi connectivity index (χ2n) is 6.39. The number of hydrogen-bond donors (Lipinski definition) is 1. The lowest BCUT2D eigenvalue weighted by molar-refractivity contribution is 0.446. The van der Waals surface area contributed by atoms with Crippen LogP contribution in [0, 0.1) is 12.7 Å². The summed E-state index contributed by atoms with van der Waals surface area (Å²) in [5.41, 5.74) is 1.03. The number of nitrogens with zero attached hydrogens (tertiary/aromatic N) is 3. The van der Waals surface area contributed by atoms with Crippen molar-refractivity contribution < 1.29 is 4.39 Å². The summed E-state index contributed by atoms with van der Waals surface area (Å²) in [6.45, 7) is 5.85. The summed E-state index contributed by atoms with van der Waals surface area (Å²) in [6.07, 6.45) is 4.89. The van der Waals surface area contributed by atoms with Gasteiger partial charge in [-0.1, -0.05) is 19.1 Å². The van der Waals surface area contributed by atoms with Gasteiger partial charge in [-0.2, -0.15) is 0 Å². The number of aryl methyl sites for hydroxylation is 1. The van der Waals surface area contributed by atoms with Crippen LogP contribution in [-0.4, -0.2) is 22.6 Å². The minimum atomic E-state index is -0.213. The molecular weight excluding hydrogens is 303 g/mol. The highest BCUT2D eigenvalue weighted by Crippen LogP contribution is 2.26. The van der Waals surface area contributed by atoms with E-state index < -0.39 is 0 Å². The maximum atomic E-state index is 13.0. The molecule has 1 saturated heterocycles. The van der Waals surface area contributed by atoms with E-state index in [2.05, 4.69) is 27.1 Å². The molecule has 1 atom stereocenters. The van der Waals surface area contributed by atoms with E-state index in [1.165, 1.54) is 31.4 Å². The molecule has 24 heavy (non-hydrogen) atoms. The molecule has 1 N–H and O–H groups in total. The molecule has 1 fully saturated rings. The smallest absolute Gasteiger partial charge is 0.134 e. The van der Waals surface area contributed by atoms with Gasteiger partial charge in [0.2, 0.25) is 0 Å². The predicted molar refractivity (Wildman–Crippen MR) is 95.8 cm³/mol. The molecule has 1 aliphatic heterocycles. The summed E-state index contributed by atoms with van der Waals surface area (Å²) in [6, 6.07) is 9.13. The molecule has 1 aromatic heterocycles. The van der Waals surface area contributed by atoms with Crippen LogP contribution in [0.15, 0.2) is 30.3 Å². The zero-order valence-electron chi connectivity index (χ0n) is 14.4. The van der Waals surface area contributed by atoms with E-state index in [1.54, 1.807) is 12.1 Å². The zero-order chi connectivity index (χ0) is 16.9. The van der Waals surface area contributed by atoms with Crippen molar-refractivity contribution >= 4 is 11.6 Å². The summed E-state index contributed by atoms with van der Waals surface area (Å²) in [4.78, 5) is 11.6. The lowest BCUT2D eigenvalue weighted by Gasteiger charge is -2.36. The first-order chi connectivity index (χ1) is 11.7. The molecular formula is C19H25FN4. The van der Waals surface area contributed by atoms with Crippen molar-refractivity contribution in [1.82, 2.24) is 9.97 Å². The first-order valence-electron chi connectivity index (χ1n) is 8.76. The van der Waals surface area contributed by atoms with Crippen molar-refractivity contribution in [3.63, 3.8) is 0 Å². The molecule has 5 heteroatoms. The highest BCUT2D eigenvalue weighted by Gasteiger charge is 2.22. The molecule has 0 saturated carbocycles. The van der Waals surface area contributed by atoms with E-state index in [1.807, 2.05) is 13.0 Å². The first-order valence-corrected chi connectivity index (χ1v) is 8.76. The minimum absolute atomic E-state index is 0.213. The monoisotopic (exact) mass is 328 g/mol. The van der Waals surface area contributed by atoms with Gasteiger partial charge in [-0.15, -0.1) is 0 Å². The van der Waals surface area contributed by atoms with Crippen LogP contribution in [0.2, 0.25) is 0 Å². The maximum absolute atomic E-state index is 13.0. The zero-order valence-corrected chi connectivity index (χ0v) is 14.4. The highest BCUT2D eigenvalue weighted by molar-refractivity contribution is 5.50. The van der Waals surface area contributed by atoms with Crippen LogP contribution >= 0.6 is 0 Å². The van der Waals surface area contributed by atoms with Crippen LogP contribution < -0.4 is 10.2 Å². The van der Waals surface area contributed by atoms with Crippen LogP contribution in [0.3, 0.4) is 0 Å². The Kier molecular flexibility index (Phi) is 5.28. The molecule has 1 aliphatic rings. The van der Waals surface area contributed by atoms with E-state index in [-0.39, 0.29) is 5.82 Å². The van der Waals surface area contributed by atoms with Crippen molar-refractivity contribution in [3.05, 3.63) is 47.5 Å². The Morgan fingerprint density at radius 2 is 2.00 bits per heavy atom. The third-order valence-electron chi connectivity index (χ3n) is 4.60. The molecule has 0 bridgehead atoms. The largest absolute Gasteiger partial charge is 0.366 e. The van der Waals surface area contributed by atoms with E-state index in [9.17, 15) is 4.39 Å². The summed E-state index contributed by atoms with van der Waals surface area (Å²) >= 11 is 0. The molecule has 2 heterocycles. The van der Waals surface area contributed by atoms with Crippen molar-refractivity contribution in [2.45, 2.75) is 52.1 Å². The maximum Gasteiger partial charge on any atom is 0.134 e. The predicted octanol–water partition coefficient (Wildman–Crippen LogP) is 4.31. The van der Waals surface area contributed by atoms with Crippen molar-refractivity contribution in [1.29, 1.82) is 0 Å². The number of benzene rings is 1. The standard InChI is InChI=1S/C19H25FN4/c1-3-17-6-4-5-11-24(17)19-12-18(22-14(2)23-19)21-13-15-7-9-16(20)10-8-15/h7-10,12,17H,3-6,11,13H2,1-2H3,(H,21,22,23). The van der Waals surface area contributed by atoms with Gasteiger partial charge in [0.05, 0.1) is 0 Å². The number of rotatable bonds is 5. The van der Waals surface area contributed by atoms with Crippen LogP contribution in [0.4, 0.5) is 16.0 Å². The molecule has 1 aromatic carbocycles. The summed E-state index contributed by atoms with van der Waals surface area (Å²) in [5.74, 6) is 2.39. The van der Waals surface area contributed by atoms with Crippen LogP contribution in [0.5, 0.6) is 0 Å². The van der Waals surface area contributed by atoms with Crippen molar-refractivity contribution in [2.75, 3.05) is 16.8 Å². The van der Waals surface area contributed by atoms with Gasteiger partial charge < -0.3 is 10.2 Å². The number of anilines is 2. The Bertz CT molecular complexity index is 672. The molecule has 0 aliphatic carbocycles. The Balaban J connectivity index is 1.74. The van der Waals surface area contributed by atoms with E-state index in [0.29, 0.717) is 12.6 Å². The fourth-order valence-electron chi connectivity index (χ4n) is 3.31. The van der Waals surface area contributed by atoms with Gasteiger partial charge in [-0.25, -0.2) is 14.4 Å². The molecule has 1 unspecified atom stereocenters. The molecule has 0 spiro atoms. The van der Waals surface area contributed by atoms with Gasteiger partial charge in [-0.3, -0.25) is 0 Å². The topological polar surface area (TPSA) is 41.0 Å². The van der Waals surface area contributed by atoms with Crippen molar-refractivity contribution in [2.24, 2.45) is 0 Å². The van der Waals surface area contributed by atoms with Crippen LogP contribution in [-0.2, 0) is 6.54 Å². The SMILES string of the molecule is CCC1CCCCN1c1cc(NCc2ccc(F)cc2)nc(C)n1. The van der Waals surface area contributed by atoms with Gasteiger partial charge in [0.1, 0.15) is 23.3 Å². The number of halogens is 1. The Morgan fingerprint density at radius 1 is 1.21 bits per heavy atom. The summed E-state index contributed by atoms with van der Waals surface area (Å²) < 4.78 is 13.0. The van der Waals surface area contributed by atoms with Gasteiger partial charge in [-0.05, 0) is 50.3 Å². The molecule has 4 nitrogen and oxygen atoms in total. The second-order valence-corrected chi connectivity index (χ2v) is 6.39. The number of hydrogen-bond acceptors (Lipinski definition) is 4. The Morgan fingerprint density at radius 3 is 2.75 bits per heavy atom. The van der Waals surface area contributed by atoms with Gasteiger partial charge in [0.25, 0.3) is 0 Å². The third-order valence-corrected chi connectivity index (χ3v) is 4.60. The fourth-order valence-corrected chi connectivity index (χ4v) is 3.31. The Labute approximate surface area is 143 Å². The average molecular weight is 328 g/mol. The van der Waals surface area contributed by atoms with Gasteiger partial charge in [0, 0.05) is 25.2 Å². The highest BCUT2D eigenvalue weighted by atomic mass is 19.1. The normalized spacial score (nSPS) is 17.8. The number of aromatic nitrogens is 2. The van der Waals surface area contributed by atoms with E-state index in [0.717, 1.165) is 36.0 Å². The molecule has 0 amide bonds. The Hall–Kier alpha value is -2.17. The minimum Gasteiger partial charge on any atom is -0.366 e. The third kappa shape index (κ3) is 4.02. The van der Waals surface area contributed by atoms with Crippen LogP contribution in [0.25, 0.3) is 0 Å².